The summed E-state index contributed by atoms with van der Waals surface area (Å²) < 4.78 is 13.6. The van der Waals surface area contributed by atoms with E-state index in [1.165, 1.54) is 12.1 Å². The molecule has 108 valence electrons. The number of nitrogens with zero attached hydrogens (tertiary/aromatic N) is 1. The SMILES string of the molecule is C/C(=N/O)c1cccc(NC(=O)c2c(O)cccc2F)c1. The Balaban J connectivity index is 2.28. The van der Waals surface area contributed by atoms with Crippen LogP contribution < -0.4 is 5.32 Å². The Kier molecular flexibility index (Phi) is 4.18. The molecule has 6 heteroatoms. The lowest BCUT2D eigenvalue weighted by Gasteiger charge is -2.09. The van der Waals surface area contributed by atoms with Crippen LogP contribution in [0.3, 0.4) is 0 Å². The number of halogens is 1. The third-order valence-electron chi connectivity index (χ3n) is 2.91. The number of anilines is 1. The Bertz CT molecular complexity index is 694. The van der Waals surface area contributed by atoms with Crippen LogP contribution in [0.4, 0.5) is 10.1 Å². The largest absolute Gasteiger partial charge is 0.507 e. The van der Waals surface area contributed by atoms with E-state index in [1.807, 2.05) is 0 Å². The number of amides is 1. The fourth-order valence-corrected chi connectivity index (χ4v) is 1.81. The molecule has 0 aliphatic rings. The van der Waals surface area contributed by atoms with Gasteiger partial charge >= 0.3 is 0 Å². The summed E-state index contributed by atoms with van der Waals surface area (Å²) in [4.78, 5) is 12.0. The van der Waals surface area contributed by atoms with Gasteiger partial charge in [0.2, 0.25) is 0 Å². The quantitative estimate of drug-likeness (QED) is 0.461. The molecule has 0 spiro atoms. The number of benzene rings is 2. The molecule has 0 saturated carbocycles. The number of phenolic OH excluding ortho intramolecular Hbond substituents is 1. The Labute approximate surface area is 120 Å². The van der Waals surface area contributed by atoms with E-state index in [-0.39, 0.29) is 0 Å². The zero-order valence-corrected chi connectivity index (χ0v) is 11.2. The molecule has 2 aromatic rings. The van der Waals surface area contributed by atoms with Crippen LogP contribution in [-0.4, -0.2) is 21.9 Å². The molecule has 3 N–H and O–H groups in total. The highest BCUT2D eigenvalue weighted by molar-refractivity contribution is 6.07. The number of hydrogen-bond donors (Lipinski definition) is 3. The van der Waals surface area contributed by atoms with E-state index in [9.17, 15) is 14.3 Å². The van der Waals surface area contributed by atoms with Crippen molar-refractivity contribution in [1.82, 2.24) is 0 Å². The molecule has 0 aliphatic carbocycles. The number of phenols is 1. The standard InChI is InChI=1S/C15H13FN2O3/c1-9(18-21)10-4-2-5-11(8-10)17-15(20)14-12(16)6-3-7-13(14)19/h2-8,19,21H,1H3,(H,17,20)/b18-9-. The molecule has 0 bridgehead atoms. The third kappa shape index (κ3) is 3.17. The monoisotopic (exact) mass is 288 g/mol. The average Bonchev–Trinajstić information content (AvgIpc) is 2.46. The molecule has 2 aromatic carbocycles. The average molecular weight is 288 g/mol. The molecule has 2 rings (SSSR count). The maximum atomic E-state index is 13.6. The summed E-state index contributed by atoms with van der Waals surface area (Å²) in [5.41, 5.74) is 0.950. The normalized spacial score (nSPS) is 11.2. The summed E-state index contributed by atoms with van der Waals surface area (Å²) in [5.74, 6) is -2.00. The van der Waals surface area contributed by atoms with Crippen LogP contribution in [0.5, 0.6) is 5.75 Å². The van der Waals surface area contributed by atoms with Gasteiger partial charge in [0.05, 0.1) is 5.71 Å². The molecule has 0 saturated heterocycles. The van der Waals surface area contributed by atoms with Gasteiger partial charge in [-0.15, -0.1) is 0 Å². The summed E-state index contributed by atoms with van der Waals surface area (Å²) in [6, 6.07) is 10.2. The summed E-state index contributed by atoms with van der Waals surface area (Å²) >= 11 is 0. The van der Waals surface area contributed by atoms with Crippen molar-refractivity contribution in [3.05, 3.63) is 59.4 Å². The second kappa shape index (κ2) is 6.04. The summed E-state index contributed by atoms with van der Waals surface area (Å²) in [5, 5.41) is 23.9. The molecule has 0 heterocycles. The van der Waals surface area contributed by atoms with Crippen LogP contribution in [0.15, 0.2) is 47.6 Å². The van der Waals surface area contributed by atoms with Crippen molar-refractivity contribution >= 4 is 17.3 Å². The lowest BCUT2D eigenvalue weighted by atomic mass is 10.1. The number of carbonyl (C=O) groups is 1. The Morgan fingerprint density at radius 3 is 2.62 bits per heavy atom. The predicted octanol–water partition coefficient (Wildman–Crippen LogP) is 2.98. The molecule has 0 unspecified atom stereocenters. The van der Waals surface area contributed by atoms with Crippen LogP contribution in [-0.2, 0) is 0 Å². The zero-order valence-electron chi connectivity index (χ0n) is 11.2. The number of nitrogens with one attached hydrogen (secondary N) is 1. The summed E-state index contributed by atoms with van der Waals surface area (Å²) in [6.07, 6.45) is 0. The van der Waals surface area contributed by atoms with Crippen molar-refractivity contribution in [1.29, 1.82) is 0 Å². The Morgan fingerprint density at radius 2 is 1.95 bits per heavy atom. The number of hydrogen-bond acceptors (Lipinski definition) is 4. The van der Waals surface area contributed by atoms with Crippen molar-refractivity contribution in [2.75, 3.05) is 5.32 Å². The fraction of sp³-hybridized carbons (Fsp3) is 0.0667. The molecule has 21 heavy (non-hydrogen) atoms. The second-order valence-corrected chi connectivity index (χ2v) is 4.35. The van der Waals surface area contributed by atoms with E-state index in [0.29, 0.717) is 17.0 Å². The lowest BCUT2D eigenvalue weighted by molar-refractivity contribution is 0.102. The molecule has 0 aromatic heterocycles. The molecule has 0 atom stereocenters. The first-order chi connectivity index (χ1) is 10.0. The van der Waals surface area contributed by atoms with E-state index < -0.39 is 23.0 Å². The molecular formula is C15H13FN2O3. The van der Waals surface area contributed by atoms with Crippen LogP contribution in [0.1, 0.15) is 22.8 Å². The Hall–Kier alpha value is -2.89. The molecule has 0 fully saturated rings. The van der Waals surface area contributed by atoms with Gasteiger partial charge in [-0.25, -0.2) is 4.39 Å². The minimum atomic E-state index is -0.809. The highest BCUT2D eigenvalue weighted by Crippen LogP contribution is 2.21. The van der Waals surface area contributed by atoms with E-state index >= 15 is 0 Å². The minimum Gasteiger partial charge on any atom is -0.507 e. The second-order valence-electron chi connectivity index (χ2n) is 4.35. The maximum Gasteiger partial charge on any atom is 0.262 e. The predicted molar refractivity (Wildman–Crippen MR) is 76.5 cm³/mol. The van der Waals surface area contributed by atoms with Crippen LogP contribution in [0.25, 0.3) is 0 Å². The van der Waals surface area contributed by atoms with Gasteiger partial charge in [-0.3, -0.25) is 4.79 Å². The van der Waals surface area contributed by atoms with Crippen molar-refractivity contribution < 1.29 is 19.5 Å². The van der Waals surface area contributed by atoms with Crippen molar-refractivity contribution in [3.8, 4) is 5.75 Å². The maximum absolute atomic E-state index is 13.6. The molecule has 0 aliphatic heterocycles. The first-order valence-corrected chi connectivity index (χ1v) is 6.11. The molecule has 5 nitrogen and oxygen atoms in total. The van der Waals surface area contributed by atoms with Crippen molar-refractivity contribution in [2.24, 2.45) is 5.16 Å². The van der Waals surface area contributed by atoms with E-state index in [0.717, 1.165) is 6.07 Å². The summed E-state index contributed by atoms with van der Waals surface area (Å²) in [6.45, 7) is 1.60. The van der Waals surface area contributed by atoms with E-state index in [1.54, 1.807) is 31.2 Å². The van der Waals surface area contributed by atoms with Gasteiger partial charge in [0.25, 0.3) is 5.91 Å². The minimum absolute atomic E-state index is 0.375. The van der Waals surface area contributed by atoms with Crippen LogP contribution >= 0.6 is 0 Å². The zero-order chi connectivity index (χ0) is 15.4. The van der Waals surface area contributed by atoms with E-state index in [2.05, 4.69) is 10.5 Å². The first-order valence-electron chi connectivity index (χ1n) is 6.11. The van der Waals surface area contributed by atoms with Gasteiger partial charge in [0.15, 0.2) is 0 Å². The van der Waals surface area contributed by atoms with Gasteiger partial charge in [-0.1, -0.05) is 23.4 Å². The fourth-order valence-electron chi connectivity index (χ4n) is 1.81. The number of aromatic hydroxyl groups is 1. The van der Waals surface area contributed by atoms with Gasteiger partial charge < -0.3 is 15.6 Å². The highest BCUT2D eigenvalue weighted by atomic mass is 19.1. The number of oxime groups is 1. The lowest BCUT2D eigenvalue weighted by Crippen LogP contribution is -2.14. The van der Waals surface area contributed by atoms with Gasteiger partial charge in [-0.2, -0.15) is 0 Å². The van der Waals surface area contributed by atoms with Gasteiger partial charge in [-0.05, 0) is 31.2 Å². The summed E-state index contributed by atoms with van der Waals surface area (Å²) in [7, 11) is 0. The smallest absolute Gasteiger partial charge is 0.262 e. The van der Waals surface area contributed by atoms with Crippen LogP contribution in [0.2, 0.25) is 0 Å². The van der Waals surface area contributed by atoms with Gasteiger partial charge in [0, 0.05) is 11.3 Å². The van der Waals surface area contributed by atoms with Crippen LogP contribution in [0, 0.1) is 5.82 Å². The topological polar surface area (TPSA) is 81.9 Å². The Morgan fingerprint density at radius 1 is 1.24 bits per heavy atom. The number of rotatable bonds is 3. The molecule has 0 radical (unpaired) electrons. The van der Waals surface area contributed by atoms with Crippen molar-refractivity contribution in [3.63, 3.8) is 0 Å². The first kappa shape index (κ1) is 14.5. The number of carbonyl (C=O) groups excluding carboxylic acids is 1. The van der Waals surface area contributed by atoms with Crippen molar-refractivity contribution in [2.45, 2.75) is 6.92 Å². The highest BCUT2D eigenvalue weighted by Gasteiger charge is 2.16. The molecular weight excluding hydrogens is 275 g/mol. The molecule has 1 amide bonds. The third-order valence-corrected chi connectivity index (χ3v) is 2.91. The van der Waals surface area contributed by atoms with Gasteiger partial charge in [0.1, 0.15) is 17.1 Å². The van der Waals surface area contributed by atoms with E-state index in [4.69, 9.17) is 5.21 Å².